The average Bonchev–Trinajstić information content (AvgIpc) is 2.39. The van der Waals surface area contributed by atoms with Crippen LogP contribution in [0.5, 0.6) is 5.88 Å². The molecule has 0 saturated carbocycles. The highest BCUT2D eigenvalue weighted by Gasteiger charge is 2.08. The van der Waals surface area contributed by atoms with Crippen LogP contribution in [-0.2, 0) is 0 Å². The highest BCUT2D eigenvalue weighted by atomic mass is 16.5. The first-order valence-electron chi connectivity index (χ1n) is 5.58. The van der Waals surface area contributed by atoms with Gasteiger partial charge in [0.05, 0.1) is 30.3 Å². The molecule has 2 aromatic rings. The lowest BCUT2D eigenvalue weighted by Gasteiger charge is -2.08. The number of aryl methyl sites for hydroxylation is 1. The number of hydrogen-bond acceptors (Lipinski definition) is 5. The predicted octanol–water partition coefficient (Wildman–Crippen LogP) is 2.24. The van der Waals surface area contributed by atoms with Crippen molar-refractivity contribution in [1.29, 1.82) is 0 Å². The van der Waals surface area contributed by atoms with Crippen molar-refractivity contribution in [3.8, 4) is 5.88 Å². The van der Waals surface area contributed by atoms with Crippen molar-refractivity contribution in [3.05, 3.63) is 41.7 Å². The highest BCUT2D eigenvalue weighted by molar-refractivity contribution is 5.89. The van der Waals surface area contributed by atoms with Crippen molar-refractivity contribution < 1.29 is 14.6 Å². The van der Waals surface area contributed by atoms with Crippen LogP contribution >= 0.6 is 0 Å². The van der Waals surface area contributed by atoms with Crippen molar-refractivity contribution in [2.75, 3.05) is 12.4 Å². The smallest absolute Gasteiger partial charge is 0.337 e. The molecule has 98 valence electrons. The molecule has 0 fully saturated rings. The van der Waals surface area contributed by atoms with Gasteiger partial charge in [-0.2, -0.15) is 0 Å². The number of methoxy groups -OCH3 is 1. The molecule has 2 aromatic heterocycles. The molecule has 2 N–H and O–H groups in total. The third-order valence-corrected chi connectivity index (χ3v) is 2.53. The van der Waals surface area contributed by atoms with Gasteiger partial charge in [0.25, 0.3) is 0 Å². The average molecular weight is 259 g/mol. The van der Waals surface area contributed by atoms with Crippen LogP contribution < -0.4 is 10.1 Å². The summed E-state index contributed by atoms with van der Waals surface area (Å²) in [5.41, 5.74) is 1.40. The van der Waals surface area contributed by atoms with E-state index in [0.29, 0.717) is 17.4 Å². The molecule has 6 nitrogen and oxygen atoms in total. The Hall–Kier alpha value is -2.63. The van der Waals surface area contributed by atoms with Gasteiger partial charge in [0.15, 0.2) is 0 Å². The maximum Gasteiger partial charge on any atom is 0.337 e. The van der Waals surface area contributed by atoms with Crippen molar-refractivity contribution in [3.63, 3.8) is 0 Å². The van der Waals surface area contributed by atoms with Gasteiger partial charge in [0.1, 0.15) is 5.82 Å². The Bertz CT molecular complexity index is 597. The molecule has 0 unspecified atom stereocenters. The van der Waals surface area contributed by atoms with Gasteiger partial charge in [-0.25, -0.2) is 14.8 Å². The highest BCUT2D eigenvalue weighted by Crippen LogP contribution is 2.17. The number of aromatic carboxylic acids is 1. The molecule has 0 aromatic carbocycles. The van der Waals surface area contributed by atoms with Gasteiger partial charge < -0.3 is 15.2 Å². The molecule has 0 aliphatic carbocycles. The van der Waals surface area contributed by atoms with E-state index in [1.807, 2.05) is 0 Å². The standard InChI is InChI=1S/C13H13N3O3/c1-8-10(13(17)18)4-5-11(15-8)16-9-3-6-12(19-2)14-7-9/h3-7H,1-2H3,(H,15,16)(H,17,18). The van der Waals surface area contributed by atoms with Crippen LogP contribution in [0.2, 0.25) is 0 Å². The van der Waals surface area contributed by atoms with E-state index in [9.17, 15) is 4.79 Å². The zero-order valence-electron chi connectivity index (χ0n) is 10.5. The van der Waals surface area contributed by atoms with Gasteiger partial charge in [0.2, 0.25) is 5.88 Å². The lowest BCUT2D eigenvalue weighted by molar-refractivity contribution is 0.0695. The summed E-state index contributed by atoms with van der Waals surface area (Å²) in [6.07, 6.45) is 1.61. The minimum absolute atomic E-state index is 0.193. The van der Waals surface area contributed by atoms with Crippen molar-refractivity contribution in [2.24, 2.45) is 0 Å². The zero-order valence-corrected chi connectivity index (χ0v) is 10.5. The summed E-state index contributed by atoms with van der Waals surface area (Å²) >= 11 is 0. The summed E-state index contributed by atoms with van der Waals surface area (Å²) < 4.78 is 4.96. The summed E-state index contributed by atoms with van der Waals surface area (Å²) in [7, 11) is 1.55. The number of carbonyl (C=O) groups is 1. The SMILES string of the molecule is COc1ccc(Nc2ccc(C(=O)O)c(C)n2)cn1. The van der Waals surface area contributed by atoms with Crippen LogP contribution in [0.1, 0.15) is 16.1 Å². The van der Waals surface area contributed by atoms with E-state index in [1.165, 1.54) is 6.07 Å². The number of rotatable bonds is 4. The molecule has 0 aliphatic heterocycles. The van der Waals surface area contributed by atoms with Gasteiger partial charge in [-0.3, -0.25) is 0 Å². The van der Waals surface area contributed by atoms with Gasteiger partial charge in [-0.05, 0) is 25.1 Å². The lowest BCUT2D eigenvalue weighted by atomic mass is 10.2. The molecule has 0 amide bonds. The van der Waals surface area contributed by atoms with Crippen molar-refractivity contribution in [2.45, 2.75) is 6.92 Å². The normalized spacial score (nSPS) is 10.0. The molecule has 0 aliphatic rings. The van der Waals surface area contributed by atoms with Gasteiger partial charge in [-0.1, -0.05) is 0 Å². The fourth-order valence-electron chi connectivity index (χ4n) is 1.58. The maximum absolute atomic E-state index is 10.9. The first-order chi connectivity index (χ1) is 9.10. The third kappa shape index (κ3) is 2.98. The quantitative estimate of drug-likeness (QED) is 0.875. The second-order valence-electron chi connectivity index (χ2n) is 3.85. The van der Waals surface area contributed by atoms with E-state index in [4.69, 9.17) is 9.84 Å². The lowest BCUT2D eigenvalue weighted by Crippen LogP contribution is -2.03. The number of hydrogen-bond donors (Lipinski definition) is 2. The number of nitrogens with one attached hydrogen (secondary N) is 1. The molecular formula is C13H13N3O3. The number of nitrogens with zero attached hydrogens (tertiary/aromatic N) is 2. The number of aromatic nitrogens is 2. The Balaban J connectivity index is 2.18. The first-order valence-corrected chi connectivity index (χ1v) is 5.58. The molecule has 0 atom stereocenters. The Morgan fingerprint density at radius 1 is 1.32 bits per heavy atom. The summed E-state index contributed by atoms with van der Waals surface area (Å²) in [5, 5.41) is 12.0. The number of carboxylic acid groups (broad SMARTS) is 1. The maximum atomic E-state index is 10.9. The van der Waals surface area contributed by atoms with Gasteiger partial charge in [0, 0.05) is 6.07 Å². The van der Waals surface area contributed by atoms with Crippen LogP contribution in [0.4, 0.5) is 11.5 Å². The van der Waals surface area contributed by atoms with E-state index >= 15 is 0 Å². The molecule has 6 heteroatoms. The fraction of sp³-hybridized carbons (Fsp3) is 0.154. The van der Waals surface area contributed by atoms with Crippen LogP contribution in [0.3, 0.4) is 0 Å². The first kappa shape index (κ1) is 12.8. The van der Waals surface area contributed by atoms with Crippen molar-refractivity contribution >= 4 is 17.5 Å². The van der Waals surface area contributed by atoms with E-state index < -0.39 is 5.97 Å². The predicted molar refractivity (Wildman–Crippen MR) is 70.0 cm³/mol. The molecular weight excluding hydrogens is 246 g/mol. The molecule has 19 heavy (non-hydrogen) atoms. The molecule has 0 bridgehead atoms. The van der Waals surface area contributed by atoms with Crippen LogP contribution in [0.15, 0.2) is 30.5 Å². The van der Waals surface area contributed by atoms with E-state index in [0.717, 1.165) is 5.69 Å². The van der Waals surface area contributed by atoms with Crippen LogP contribution in [0, 0.1) is 6.92 Å². The van der Waals surface area contributed by atoms with Gasteiger partial charge in [-0.15, -0.1) is 0 Å². The Morgan fingerprint density at radius 2 is 2.11 bits per heavy atom. The molecule has 2 heterocycles. The minimum Gasteiger partial charge on any atom is -0.481 e. The molecule has 0 spiro atoms. The Morgan fingerprint density at radius 3 is 2.63 bits per heavy atom. The molecule has 2 rings (SSSR count). The molecule has 0 saturated heterocycles. The summed E-state index contributed by atoms with van der Waals surface area (Å²) in [6, 6.07) is 6.65. The van der Waals surface area contributed by atoms with E-state index in [2.05, 4.69) is 15.3 Å². The largest absolute Gasteiger partial charge is 0.481 e. The van der Waals surface area contributed by atoms with E-state index in [-0.39, 0.29) is 5.56 Å². The van der Waals surface area contributed by atoms with Gasteiger partial charge >= 0.3 is 5.97 Å². The van der Waals surface area contributed by atoms with Crippen LogP contribution in [0.25, 0.3) is 0 Å². The topological polar surface area (TPSA) is 84.3 Å². The summed E-state index contributed by atoms with van der Waals surface area (Å²) in [5.74, 6) is 0.105. The van der Waals surface area contributed by atoms with Crippen molar-refractivity contribution in [1.82, 2.24) is 9.97 Å². The monoisotopic (exact) mass is 259 g/mol. The number of ether oxygens (including phenoxy) is 1. The van der Waals surface area contributed by atoms with Crippen LogP contribution in [-0.4, -0.2) is 28.2 Å². The second kappa shape index (κ2) is 5.34. The summed E-state index contributed by atoms with van der Waals surface area (Å²) in [4.78, 5) is 19.1. The second-order valence-corrected chi connectivity index (χ2v) is 3.85. The summed E-state index contributed by atoms with van der Waals surface area (Å²) in [6.45, 7) is 1.65. The minimum atomic E-state index is -0.984. The number of carboxylic acids is 1. The Labute approximate surface area is 110 Å². The fourth-order valence-corrected chi connectivity index (χ4v) is 1.58. The number of pyridine rings is 2. The van der Waals surface area contributed by atoms with E-state index in [1.54, 1.807) is 38.4 Å². The molecule has 0 radical (unpaired) electrons. The third-order valence-electron chi connectivity index (χ3n) is 2.53. The number of anilines is 2. The zero-order chi connectivity index (χ0) is 13.8. The Kier molecular flexibility index (Phi) is 3.61.